The van der Waals surface area contributed by atoms with Crippen LogP contribution in [0, 0.1) is 0 Å². The fourth-order valence-corrected chi connectivity index (χ4v) is 3.19. The highest BCUT2D eigenvalue weighted by Gasteiger charge is 2.34. The second-order valence-electron chi connectivity index (χ2n) is 3.41. The van der Waals surface area contributed by atoms with E-state index in [1.807, 2.05) is 6.92 Å². The predicted molar refractivity (Wildman–Crippen MR) is 53.3 cm³/mol. The average molecular weight is 229 g/mol. The molecule has 1 N–H and O–H groups in total. The number of aromatic nitrogens is 2. The van der Waals surface area contributed by atoms with E-state index >= 15 is 0 Å². The van der Waals surface area contributed by atoms with Crippen LogP contribution >= 0.6 is 0 Å². The molecule has 0 unspecified atom stereocenters. The van der Waals surface area contributed by atoms with Gasteiger partial charge in [0.05, 0.1) is 5.69 Å². The largest absolute Gasteiger partial charge is 0.321 e. The smallest absolute Gasteiger partial charge is 0.240 e. The number of hydrogen-bond donors (Lipinski definition) is 1. The van der Waals surface area contributed by atoms with E-state index < -0.39 is 21.5 Å². The molecule has 0 fully saturated rings. The summed E-state index contributed by atoms with van der Waals surface area (Å²) < 4.78 is 24.7. The summed E-state index contributed by atoms with van der Waals surface area (Å²) in [6, 6.07) is 0. The molecule has 2 rings (SSSR count). The highest BCUT2D eigenvalue weighted by atomic mass is 32.2. The molecule has 0 aliphatic carbocycles. The topological polar surface area (TPSA) is 81.1 Å². The predicted octanol–water partition coefficient (Wildman–Crippen LogP) is -0.292. The third-order valence-corrected chi connectivity index (χ3v) is 3.98. The maximum atomic E-state index is 11.7. The van der Waals surface area contributed by atoms with Gasteiger partial charge in [0.1, 0.15) is 11.4 Å². The highest BCUT2D eigenvalue weighted by molar-refractivity contribution is 7.92. The van der Waals surface area contributed by atoms with Gasteiger partial charge >= 0.3 is 0 Å². The minimum Gasteiger partial charge on any atom is -0.321 e. The van der Waals surface area contributed by atoms with E-state index in [0.29, 0.717) is 17.8 Å². The van der Waals surface area contributed by atoms with Gasteiger partial charge < -0.3 is 5.32 Å². The molecule has 0 aromatic carbocycles. The summed E-state index contributed by atoms with van der Waals surface area (Å²) in [7, 11) is -1.96. The van der Waals surface area contributed by atoms with E-state index in [1.54, 1.807) is 7.05 Å². The molecule has 2 heterocycles. The van der Waals surface area contributed by atoms with Crippen molar-refractivity contribution in [2.24, 2.45) is 7.05 Å². The molecular formula is C8H11N3O3S. The quantitative estimate of drug-likeness (QED) is 0.717. The van der Waals surface area contributed by atoms with Crippen LogP contribution in [-0.2, 0) is 28.1 Å². The van der Waals surface area contributed by atoms with E-state index in [2.05, 4.69) is 10.4 Å². The van der Waals surface area contributed by atoms with Crippen molar-refractivity contribution in [1.29, 1.82) is 0 Å². The molecule has 7 heteroatoms. The first-order chi connectivity index (χ1) is 6.95. The van der Waals surface area contributed by atoms with Gasteiger partial charge in [-0.25, -0.2) is 8.42 Å². The van der Waals surface area contributed by atoms with E-state index in [4.69, 9.17) is 0 Å². The molecule has 82 valence electrons. The third-order valence-electron chi connectivity index (χ3n) is 2.28. The molecular weight excluding hydrogens is 218 g/mol. The first kappa shape index (κ1) is 10.2. The minimum absolute atomic E-state index is 0.110. The monoisotopic (exact) mass is 229 g/mol. The Morgan fingerprint density at radius 1 is 1.53 bits per heavy atom. The van der Waals surface area contributed by atoms with Crippen molar-refractivity contribution in [3.63, 3.8) is 0 Å². The lowest BCUT2D eigenvalue weighted by atomic mass is 10.3. The van der Waals surface area contributed by atoms with Crippen molar-refractivity contribution in [2.75, 3.05) is 11.1 Å². The number of carbonyl (C=O) groups excluding carboxylic acids is 1. The van der Waals surface area contributed by atoms with Crippen LogP contribution in [0.2, 0.25) is 0 Å². The van der Waals surface area contributed by atoms with Crippen LogP contribution in [0.15, 0.2) is 5.03 Å². The summed E-state index contributed by atoms with van der Waals surface area (Å²) in [5, 5.41) is 6.73. The van der Waals surface area contributed by atoms with Gasteiger partial charge in [-0.3, -0.25) is 9.48 Å². The number of amides is 1. The van der Waals surface area contributed by atoms with Gasteiger partial charge in [0.25, 0.3) is 0 Å². The maximum absolute atomic E-state index is 11.7. The van der Waals surface area contributed by atoms with Crippen LogP contribution in [0.1, 0.15) is 12.6 Å². The number of aryl methyl sites for hydroxylation is 2. The molecule has 0 radical (unpaired) electrons. The Balaban J connectivity index is 2.74. The third kappa shape index (κ3) is 1.43. The van der Waals surface area contributed by atoms with Crippen molar-refractivity contribution >= 4 is 21.4 Å². The first-order valence-corrected chi connectivity index (χ1v) is 6.19. The number of fused-ring (bicyclic) bond motifs is 1. The van der Waals surface area contributed by atoms with E-state index in [9.17, 15) is 13.2 Å². The molecule has 1 aromatic heterocycles. The van der Waals surface area contributed by atoms with Crippen molar-refractivity contribution in [1.82, 2.24) is 9.78 Å². The summed E-state index contributed by atoms with van der Waals surface area (Å²) >= 11 is 0. The van der Waals surface area contributed by atoms with Gasteiger partial charge in [0.15, 0.2) is 5.03 Å². The van der Waals surface area contributed by atoms with Gasteiger partial charge in [-0.1, -0.05) is 6.92 Å². The maximum Gasteiger partial charge on any atom is 0.240 e. The lowest BCUT2D eigenvalue weighted by molar-refractivity contribution is -0.114. The molecule has 0 bridgehead atoms. The zero-order valence-corrected chi connectivity index (χ0v) is 9.26. The molecule has 1 aromatic rings. The van der Waals surface area contributed by atoms with Crippen molar-refractivity contribution in [3.05, 3.63) is 5.69 Å². The van der Waals surface area contributed by atoms with Crippen molar-refractivity contribution in [3.8, 4) is 0 Å². The lowest BCUT2D eigenvalue weighted by Gasteiger charge is -2.14. The number of hydrogen-bond acceptors (Lipinski definition) is 4. The van der Waals surface area contributed by atoms with Gasteiger partial charge in [0.2, 0.25) is 15.7 Å². The zero-order chi connectivity index (χ0) is 11.2. The fraction of sp³-hybridized carbons (Fsp3) is 0.500. The molecule has 0 saturated heterocycles. The molecule has 1 aliphatic rings. The molecule has 0 saturated carbocycles. The number of nitrogens with one attached hydrogen (secondary N) is 1. The number of sulfone groups is 1. The number of nitrogens with zero attached hydrogens (tertiary/aromatic N) is 2. The molecule has 6 nitrogen and oxygen atoms in total. The van der Waals surface area contributed by atoms with Crippen molar-refractivity contribution < 1.29 is 13.2 Å². The van der Waals surface area contributed by atoms with Gasteiger partial charge in [-0.15, -0.1) is 0 Å². The zero-order valence-electron chi connectivity index (χ0n) is 8.44. The second kappa shape index (κ2) is 3.06. The summed E-state index contributed by atoms with van der Waals surface area (Å²) in [5.74, 6) is -0.993. The molecule has 1 aliphatic heterocycles. The summed E-state index contributed by atoms with van der Waals surface area (Å²) in [6.45, 7) is 1.86. The van der Waals surface area contributed by atoms with E-state index in [0.717, 1.165) is 0 Å². The summed E-state index contributed by atoms with van der Waals surface area (Å²) in [5.41, 5.74) is 0.945. The Kier molecular flexibility index (Phi) is 2.07. The van der Waals surface area contributed by atoms with Crippen LogP contribution in [0.4, 0.5) is 5.69 Å². The Hall–Kier alpha value is -1.37. The lowest BCUT2D eigenvalue weighted by Crippen LogP contribution is -2.30. The van der Waals surface area contributed by atoms with Crippen LogP contribution in [0.25, 0.3) is 0 Å². The molecule has 15 heavy (non-hydrogen) atoms. The fourth-order valence-electron chi connectivity index (χ4n) is 1.71. The first-order valence-electron chi connectivity index (χ1n) is 4.54. The Morgan fingerprint density at radius 3 is 2.80 bits per heavy atom. The molecule has 0 atom stereocenters. The van der Waals surface area contributed by atoms with Crippen LogP contribution in [0.5, 0.6) is 0 Å². The van der Waals surface area contributed by atoms with Crippen LogP contribution < -0.4 is 5.32 Å². The van der Waals surface area contributed by atoms with Crippen molar-refractivity contribution in [2.45, 2.75) is 18.4 Å². The molecule has 0 spiro atoms. The van der Waals surface area contributed by atoms with Crippen LogP contribution in [0.3, 0.4) is 0 Å². The minimum atomic E-state index is -3.52. The normalized spacial score (nSPS) is 18.4. The Morgan fingerprint density at radius 2 is 2.20 bits per heavy atom. The summed E-state index contributed by atoms with van der Waals surface area (Å²) in [6.07, 6.45) is 0.582. The molecule has 1 amide bonds. The van der Waals surface area contributed by atoms with Gasteiger partial charge in [-0.2, -0.15) is 5.10 Å². The highest BCUT2D eigenvalue weighted by Crippen LogP contribution is 2.29. The second-order valence-corrected chi connectivity index (χ2v) is 5.32. The Bertz CT molecular complexity index is 530. The number of rotatable bonds is 1. The van der Waals surface area contributed by atoms with Gasteiger partial charge in [0, 0.05) is 7.05 Å². The van der Waals surface area contributed by atoms with E-state index in [-0.39, 0.29) is 5.03 Å². The number of carbonyl (C=O) groups is 1. The number of anilines is 1. The average Bonchev–Trinajstić information content (AvgIpc) is 2.41. The van der Waals surface area contributed by atoms with Crippen LogP contribution in [-0.4, -0.2) is 29.9 Å². The van der Waals surface area contributed by atoms with E-state index in [1.165, 1.54) is 4.68 Å². The summed E-state index contributed by atoms with van der Waals surface area (Å²) in [4.78, 5) is 11.2. The Labute approximate surface area is 87.2 Å². The SMILES string of the molecule is CCc1nn(C)c2c1NC(=O)CS2(=O)=O. The van der Waals surface area contributed by atoms with Gasteiger partial charge in [-0.05, 0) is 6.42 Å². The standard InChI is InChI=1S/C8H11N3O3S/c1-3-5-7-8(11(2)10-5)15(13,14)4-6(12)9-7/h3-4H2,1-2H3,(H,9,12).